The third kappa shape index (κ3) is 6.32. The number of hydrogen-bond donors (Lipinski definition) is 1. The predicted octanol–water partition coefficient (Wildman–Crippen LogP) is 4.10. The standard InChI is InChI=1S/C20H27ClN4OS.HI/c1-22-20(24(2)15-16-6-3-4-7-17(16)21)23-14-18(19-8-5-13-27-19)25-9-11-26-12-10-25;/h3-8,13,18H,9-12,14-15H2,1-2H3,(H,22,23);1H. The second-order valence-electron chi connectivity index (χ2n) is 6.56. The Hall–Kier alpha value is -0.870. The van der Waals surface area contributed by atoms with Gasteiger partial charge in [0.2, 0.25) is 0 Å². The van der Waals surface area contributed by atoms with Crippen molar-refractivity contribution in [1.82, 2.24) is 15.1 Å². The molecule has 0 amide bonds. The zero-order valence-electron chi connectivity index (χ0n) is 16.3. The van der Waals surface area contributed by atoms with E-state index in [-0.39, 0.29) is 24.0 Å². The van der Waals surface area contributed by atoms with Crippen LogP contribution in [0.4, 0.5) is 0 Å². The molecular weight excluding hydrogens is 507 g/mol. The lowest BCUT2D eigenvalue weighted by Gasteiger charge is -2.35. The summed E-state index contributed by atoms with van der Waals surface area (Å²) in [5.41, 5.74) is 1.09. The molecule has 0 radical (unpaired) electrons. The van der Waals surface area contributed by atoms with Crippen LogP contribution in [0.5, 0.6) is 0 Å². The van der Waals surface area contributed by atoms with E-state index in [1.807, 2.05) is 38.4 Å². The average Bonchev–Trinajstić information content (AvgIpc) is 3.22. The summed E-state index contributed by atoms with van der Waals surface area (Å²) < 4.78 is 5.53. The van der Waals surface area contributed by atoms with Gasteiger partial charge in [0, 0.05) is 50.2 Å². The van der Waals surface area contributed by atoms with Gasteiger partial charge in [0.1, 0.15) is 0 Å². The third-order valence-corrected chi connectivity index (χ3v) is 6.09. The molecule has 0 aliphatic carbocycles. The first-order chi connectivity index (χ1) is 13.2. The Bertz CT molecular complexity index is 738. The van der Waals surface area contributed by atoms with E-state index in [0.29, 0.717) is 12.6 Å². The summed E-state index contributed by atoms with van der Waals surface area (Å²) in [6.45, 7) is 5.02. The van der Waals surface area contributed by atoms with Crippen molar-refractivity contribution in [1.29, 1.82) is 0 Å². The average molecular weight is 535 g/mol. The maximum atomic E-state index is 6.31. The fourth-order valence-electron chi connectivity index (χ4n) is 3.31. The number of rotatable bonds is 6. The number of morpholine rings is 1. The summed E-state index contributed by atoms with van der Waals surface area (Å²) in [5, 5.41) is 6.47. The summed E-state index contributed by atoms with van der Waals surface area (Å²) in [5.74, 6) is 0.865. The first kappa shape index (κ1) is 23.4. The largest absolute Gasteiger partial charge is 0.379 e. The molecule has 1 aromatic heterocycles. The molecule has 1 atom stereocenters. The van der Waals surface area contributed by atoms with Gasteiger partial charge in [-0.2, -0.15) is 0 Å². The number of hydrogen-bond acceptors (Lipinski definition) is 4. The van der Waals surface area contributed by atoms with Gasteiger partial charge in [-0.25, -0.2) is 0 Å². The highest BCUT2D eigenvalue weighted by molar-refractivity contribution is 14.0. The van der Waals surface area contributed by atoms with Gasteiger partial charge in [0.15, 0.2) is 5.96 Å². The smallest absolute Gasteiger partial charge is 0.193 e. The fraction of sp³-hybridized carbons (Fsp3) is 0.450. The van der Waals surface area contributed by atoms with Crippen molar-refractivity contribution in [3.05, 3.63) is 57.2 Å². The number of nitrogens with one attached hydrogen (secondary N) is 1. The maximum Gasteiger partial charge on any atom is 0.193 e. The Morgan fingerprint density at radius 2 is 2.04 bits per heavy atom. The fourth-order valence-corrected chi connectivity index (χ4v) is 4.37. The van der Waals surface area contributed by atoms with Gasteiger partial charge in [0.05, 0.1) is 19.3 Å². The van der Waals surface area contributed by atoms with Crippen molar-refractivity contribution >= 4 is 52.9 Å². The zero-order valence-corrected chi connectivity index (χ0v) is 20.2. The van der Waals surface area contributed by atoms with E-state index in [1.165, 1.54) is 4.88 Å². The molecule has 1 aliphatic heterocycles. The van der Waals surface area contributed by atoms with Crippen molar-refractivity contribution in [3.8, 4) is 0 Å². The Labute approximate surface area is 193 Å². The molecule has 1 unspecified atom stereocenters. The molecule has 0 spiro atoms. The van der Waals surface area contributed by atoms with Gasteiger partial charge in [-0.3, -0.25) is 9.89 Å². The van der Waals surface area contributed by atoms with E-state index >= 15 is 0 Å². The first-order valence-electron chi connectivity index (χ1n) is 9.19. The van der Waals surface area contributed by atoms with E-state index in [1.54, 1.807) is 11.3 Å². The highest BCUT2D eigenvalue weighted by Crippen LogP contribution is 2.25. The Morgan fingerprint density at radius 3 is 2.68 bits per heavy atom. The molecule has 1 fully saturated rings. The zero-order chi connectivity index (χ0) is 19.1. The molecule has 0 saturated carbocycles. The van der Waals surface area contributed by atoms with Crippen molar-refractivity contribution in [2.75, 3.05) is 46.9 Å². The Balaban J connectivity index is 0.00000280. The van der Waals surface area contributed by atoms with E-state index in [0.717, 1.165) is 49.4 Å². The molecule has 2 aromatic rings. The number of halogens is 2. The van der Waals surface area contributed by atoms with Crippen LogP contribution < -0.4 is 5.32 Å². The van der Waals surface area contributed by atoms with Crippen LogP contribution in [-0.4, -0.2) is 62.7 Å². The highest BCUT2D eigenvalue weighted by Gasteiger charge is 2.24. The number of thiophene rings is 1. The van der Waals surface area contributed by atoms with E-state index in [2.05, 4.69) is 37.6 Å². The molecule has 28 heavy (non-hydrogen) atoms. The van der Waals surface area contributed by atoms with Crippen LogP contribution in [0.15, 0.2) is 46.8 Å². The topological polar surface area (TPSA) is 40.1 Å². The molecule has 1 aromatic carbocycles. The Morgan fingerprint density at radius 1 is 1.29 bits per heavy atom. The molecule has 2 heterocycles. The molecule has 1 aliphatic rings. The third-order valence-electron chi connectivity index (χ3n) is 4.75. The monoisotopic (exact) mass is 534 g/mol. The second kappa shape index (κ2) is 12.0. The van der Waals surface area contributed by atoms with Crippen molar-refractivity contribution in [2.24, 2.45) is 4.99 Å². The van der Waals surface area contributed by atoms with Gasteiger partial charge in [0.25, 0.3) is 0 Å². The molecule has 1 N–H and O–H groups in total. The van der Waals surface area contributed by atoms with Crippen LogP contribution in [0.1, 0.15) is 16.5 Å². The summed E-state index contributed by atoms with van der Waals surface area (Å²) in [6.07, 6.45) is 0. The van der Waals surface area contributed by atoms with Gasteiger partial charge in [-0.1, -0.05) is 35.9 Å². The number of guanidine groups is 1. The van der Waals surface area contributed by atoms with Gasteiger partial charge in [-0.05, 0) is 23.1 Å². The van der Waals surface area contributed by atoms with Gasteiger partial charge < -0.3 is 15.0 Å². The summed E-state index contributed by atoms with van der Waals surface area (Å²) in [7, 11) is 3.86. The SMILES string of the molecule is CN=C(NCC(c1cccs1)N1CCOCC1)N(C)Cc1ccccc1Cl.I. The lowest BCUT2D eigenvalue weighted by atomic mass is 10.2. The summed E-state index contributed by atoms with van der Waals surface area (Å²) in [6, 6.07) is 12.6. The van der Waals surface area contributed by atoms with E-state index in [9.17, 15) is 0 Å². The quantitative estimate of drug-likeness (QED) is 0.344. The van der Waals surface area contributed by atoms with Crippen molar-refractivity contribution < 1.29 is 4.74 Å². The van der Waals surface area contributed by atoms with E-state index in [4.69, 9.17) is 16.3 Å². The van der Waals surface area contributed by atoms with Crippen LogP contribution >= 0.6 is 46.9 Å². The lowest BCUT2D eigenvalue weighted by Crippen LogP contribution is -2.46. The normalized spacial score (nSPS) is 16.3. The molecule has 5 nitrogen and oxygen atoms in total. The highest BCUT2D eigenvalue weighted by atomic mass is 127. The molecule has 0 bridgehead atoms. The first-order valence-corrected chi connectivity index (χ1v) is 10.4. The van der Waals surface area contributed by atoms with Crippen LogP contribution in [0.2, 0.25) is 5.02 Å². The predicted molar refractivity (Wildman–Crippen MR) is 129 cm³/mol. The van der Waals surface area contributed by atoms with Crippen molar-refractivity contribution in [3.63, 3.8) is 0 Å². The molecule has 154 valence electrons. The lowest BCUT2D eigenvalue weighted by molar-refractivity contribution is 0.0176. The molecular formula is C20H28ClIN4OS. The van der Waals surface area contributed by atoms with E-state index < -0.39 is 0 Å². The number of aliphatic imine (C=N–C) groups is 1. The number of benzene rings is 1. The van der Waals surface area contributed by atoms with Gasteiger partial charge >= 0.3 is 0 Å². The van der Waals surface area contributed by atoms with Crippen LogP contribution in [0.3, 0.4) is 0 Å². The minimum absolute atomic E-state index is 0. The van der Waals surface area contributed by atoms with Crippen LogP contribution in [-0.2, 0) is 11.3 Å². The molecule has 1 saturated heterocycles. The number of ether oxygens (including phenoxy) is 1. The van der Waals surface area contributed by atoms with Crippen LogP contribution in [0, 0.1) is 0 Å². The molecule has 8 heteroatoms. The molecule has 3 rings (SSSR count). The Kier molecular flexibility index (Phi) is 10.0. The van der Waals surface area contributed by atoms with Crippen LogP contribution in [0.25, 0.3) is 0 Å². The maximum absolute atomic E-state index is 6.31. The van der Waals surface area contributed by atoms with Gasteiger partial charge in [-0.15, -0.1) is 35.3 Å². The minimum Gasteiger partial charge on any atom is -0.379 e. The number of nitrogens with zero attached hydrogens (tertiary/aromatic N) is 3. The summed E-state index contributed by atoms with van der Waals surface area (Å²) >= 11 is 8.11. The second-order valence-corrected chi connectivity index (χ2v) is 7.94. The summed E-state index contributed by atoms with van der Waals surface area (Å²) in [4.78, 5) is 10.4. The minimum atomic E-state index is 0. The van der Waals surface area contributed by atoms with Crippen molar-refractivity contribution in [2.45, 2.75) is 12.6 Å².